The fourth-order valence-electron chi connectivity index (χ4n) is 4.88. The van der Waals surface area contributed by atoms with E-state index in [2.05, 4.69) is 20.7 Å². The van der Waals surface area contributed by atoms with Gasteiger partial charge in [-0.25, -0.2) is 8.78 Å². The van der Waals surface area contributed by atoms with Gasteiger partial charge in [0.2, 0.25) is 5.91 Å². The average molecular weight is 568 g/mol. The Kier molecular flexibility index (Phi) is 8.33. The lowest BCUT2D eigenvalue weighted by Crippen LogP contribution is -2.48. The number of aromatic nitrogens is 3. The first-order valence-electron chi connectivity index (χ1n) is 13.0. The van der Waals surface area contributed by atoms with E-state index in [4.69, 9.17) is 4.74 Å². The number of hydrogen-bond acceptors (Lipinski definition) is 5. The number of pyridine rings is 1. The van der Waals surface area contributed by atoms with Gasteiger partial charge in [-0.15, -0.1) is 0 Å². The van der Waals surface area contributed by atoms with Crippen LogP contribution in [-0.2, 0) is 11.8 Å². The van der Waals surface area contributed by atoms with E-state index in [0.717, 1.165) is 23.3 Å². The lowest BCUT2D eigenvalue weighted by Gasteiger charge is -2.28. The summed E-state index contributed by atoms with van der Waals surface area (Å²) in [4.78, 5) is 31.2. The van der Waals surface area contributed by atoms with Gasteiger partial charge in [0.25, 0.3) is 5.91 Å². The van der Waals surface area contributed by atoms with E-state index < -0.39 is 35.4 Å². The van der Waals surface area contributed by atoms with Gasteiger partial charge in [-0.2, -0.15) is 5.10 Å². The van der Waals surface area contributed by atoms with Crippen LogP contribution >= 0.6 is 0 Å². The molecule has 0 aliphatic carbocycles. The summed E-state index contributed by atoms with van der Waals surface area (Å²) in [6.45, 7) is 0. The van der Waals surface area contributed by atoms with E-state index in [9.17, 15) is 9.59 Å². The van der Waals surface area contributed by atoms with Crippen LogP contribution < -0.4 is 15.4 Å². The summed E-state index contributed by atoms with van der Waals surface area (Å²) in [5, 5.41) is 9.50. The highest BCUT2D eigenvalue weighted by Gasteiger charge is 2.33. The third kappa shape index (κ3) is 5.87. The molecule has 0 aliphatic rings. The fraction of sp³-hybridized carbons (Fsp3) is 0.125. The first kappa shape index (κ1) is 28.2. The third-order valence-corrected chi connectivity index (χ3v) is 6.86. The second-order valence-electron chi connectivity index (χ2n) is 9.47. The van der Waals surface area contributed by atoms with E-state index in [1.54, 1.807) is 7.05 Å². The molecule has 5 rings (SSSR count). The zero-order valence-corrected chi connectivity index (χ0v) is 22.8. The molecule has 2 aromatic heterocycles. The molecule has 5 aromatic rings. The van der Waals surface area contributed by atoms with Crippen LogP contribution in [0.5, 0.6) is 5.75 Å². The van der Waals surface area contributed by atoms with Crippen LogP contribution in [0.4, 0.5) is 14.5 Å². The van der Waals surface area contributed by atoms with Crippen molar-refractivity contribution in [3.63, 3.8) is 0 Å². The molecule has 0 radical (unpaired) electrons. The highest BCUT2D eigenvalue weighted by molar-refractivity contribution is 6.01. The Labute approximate surface area is 241 Å². The summed E-state index contributed by atoms with van der Waals surface area (Å²) in [5.41, 5.74) is 1.49. The summed E-state index contributed by atoms with van der Waals surface area (Å²) in [5.74, 6) is -3.47. The molecule has 0 aliphatic heterocycles. The van der Waals surface area contributed by atoms with Crippen LogP contribution in [0.2, 0.25) is 0 Å². The molecule has 0 bridgehead atoms. The average Bonchev–Trinajstić information content (AvgIpc) is 3.43. The van der Waals surface area contributed by atoms with Crippen molar-refractivity contribution in [3.05, 3.63) is 132 Å². The van der Waals surface area contributed by atoms with Crippen LogP contribution in [0.25, 0.3) is 11.1 Å². The van der Waals surface area contributed by atoms with Gasteiger partial charge in [0.15, 0.2) is 0 Å². The number of rotatable bonds is 9. The second-order valence-corrected chi connectivity index (χ2v) is 9.47. The van der Waals surface area contributed by atoms with Crippen LogP contribution in [0.3, 0.4) is 0 Å². The van der Waals surface area contributed by atoms with Crippen molar-refractivity contribution in [1.82, 2.24) is 20.1 Å². The van der Waals surface area contributed by atoms with E-state index in [1.165, 1.54) is 42.5 Å². The van der Waals surface area contributed by atoms with Crippen LogP contribution in [0.1, 0.15) is 27.5 Å². The molecule has 0 unspecified atom stereocenters. The normalized spacial score (nSPS) is 11.6. The fourth-order valence-corrected chi connectivity index (χ4v) is 4.88. The molecule has 0 fully saturated rings. The second kappa shape index (κ2) is 12.4. The van der Waals surface area contributed by atoms with Gasteiger partial charge in [0.05, 0.1) is 18.9 Å². The van der Waals surface area contributed by atoms with E-state index >= 15 is 8.78 Å². The Balaban J connectivity index is 1.54. The predicted molar refractivity (Wildman–Crippen MR) is 154 cm³/mol. The SMILES string of the molecule is COc1cnccc1-c1c(F)cc(NC(=O)[C@@H](NC(=O)c2ccnn2C)C(c2ccccc2)c2ccccc2)cc1F. The van der Waals surface area contributed by atoms with Crippen molar-refractivity contribution >= 4 is 17.5 Å². The predicted octanol–water partition coefficient (Wildman–Crippen LogP) is 5.34. The van der Waals surface area contributed by atoms with Gasteiger partial charge < -0.3 is 15.4 Å². The number of ether oxygens (including phenoxy) is 1. The van der Waals surface area contributed by atoms with Crippen LogP contribution in [-0.4, -0.2) is 39.7 Å². The summed E-state index contributed by atoms with van der Waals surface area (Å²) in [6, 6.07) is 22.3. The number of benzene rings is 3. The number of carbonyl (C=O) groups excluding carboxylic acids is 2. The molecule has 0 saturated heterocycles. The molecule has 0 spiro atoms. The maximum Gasteiger partial charge on any atom is 0.270 e. The first-order valence-corrected chi connectivity index (χ1v) is 13.0. The van der Waals surface area contributed by atoms with Gasteiger partial charge in [0.1, 0.15) is 29.1 Å². The van der Waals surface area contributed by atoms with Gasteiger partial charge in [-0.1, -0.05) is 60.7 Å². The minimum Gasteiger partial charge on any atom is -0.494 e. The van der Waals surface area contributed by atoms with Crippen molar-refractivity contribution in [1.29, 1.82) is 0 Å². The van der Waals surface area contributed by atoms with Crippen molar-refractivity contribution in [2.24, 2.45) is 7.05 Å². The highest BCUT2D eigenvalue weighted by Crippen LogP contribution is 2.35. The number of hydrogen-bond donors (Lipinski definition) is 2. The number of anilines is 1. The molecule has 212 valence electrons. The van der Waals surface area contributed by atoms with E-state index in [0.29, 0.717) is 0 Å². The monoisotopic (exact) mass is 567 g/mol. The lowest BCUT2D eigenvalue weighted by atomic mass is 9.84. The van der Waals surface area contributed by atoms with Gasteiger partial charge in [-0.05, 0) is 35.4 Å². The summed E-state index contributed by atoms with van der Waals surface area (Å²) >= 11 is 0. The molecule has 2 amide bonds. The lowest BCUT2D eigenvalue weighted by molar-refractivity contribution is -0.118. The summed E-state index contributed by atoms with van der Waals surface area (Å²) in [7, 11) is 2.99. The molecule has 42 heavy (non-hydrogen) atoms. The molecule has 2 N–H and O–H groups in total. The van der Waals surface area contributed by atoms with Crippen LogP contribution in [0.15, 0.2) is 104 Å². The minimum atomic E-state index is -1.18. The molecular formula is C32H27F2N5O3. The summed E-state index contributed by atoms with van der Waals surface area (Å²) < 4.78 is 37.3. The maximum absolute atomic E-state index is 15.3. The van der Waals surface area contributed by atoms with Gasteiger partial charge in [-0.3, -0.25) is 19.3 Å². The zero-order chi connectivity index (χ0) is 29.6. The standard InChI is InChI=1S/C32H27F2N5O3/c1-39-26(14-16-36-39)31(40)38-30(28(20-9-5-3-6-10-20)21-11-7-4-8-12-21)32(41)37-22-17-24(33)29(25(34)18-22)23-13-15-35-19-27(23)42-2/h3-19,28,30H,1-2H3,(H,37,41)(H,38,40)/t30-/m0/s1. The largest absolute Gasteiger partial charge is 0.494 e. The van der Waals surface area contributed by atoms with Crippen molar-refractivity contribution in [2.45, 2.75) is 12.0 Å². The quantitative estimate of drug-likeness (QED) is 0.251. The van der Waals surface area contributed by atoms with Crippen LogP contribution in [0, 0.1) is 11.6 Å². The Morgan fingerprint density at radius 1 is 0.881 bits per heavy atom. The maximum atomic E-state index is 15.3. The number of carbonyl (C=O) groups is 2. The number of aryl methyl sites for hydroxylation is 1. The molecular weight excluding hydrogens is 540 g/mol. The number of nitrogens with zero attached hydrogens (tertiary/aromatic N) is 3. The number of nitrogens with one attached hydrogen (secondary N) is 2. The molecule has 3 aromatic carbocycles. The molecule has 0 saturated carbocycles. The van der Waals surface area contributed by atoms with Gasteiger partial charge in [0, 0.05) is 36.6 Å². The topological polar surface area (TPSA) is 98.1 Å². The highest BCUT2D eigenvalue weighted by atomic mass is 19.1. The van der Waals surface area contributed by atoms with Gasteiger partial charge >= 0.3 is 0 Å². The van der Waals surface area contributed by atoms with E-state index in [1.807, 2.05) is 60.7 Å². The van der Waals surface area contributed by atoms with E-state index in [-0.39, 0.29) is 28.3 Å². The van der Waals surface area contributed by atoms with Crippen molar-refractivity contribution in [2.75, 3.05) is 12.4 Å². The minimum absolute atomic E-state index is 0.119. The molecule has 10 heteroatoms. The first-order chi connectivity index (χ1) is 20.4. The third-order valence-electron chi connectivity index (χ3n) is 6.86. The van der Waals surface area contributed by atoms with Crippen molar-refractivity contribution < 1.29 is 23.1 Å². The zero-order valence-electron chi connectivity index (χ0n) is 22.8. The molecule has 2 heterocycles. The molecule has 8 nitrogen and oxygen atoms in total. The Bertz CT molecular complexity index is 1650. The Morgan fingerprint density at radius 2 is 1.50 bits per heavy atom. The number of methoxy groups -OCH3 is 1. The number of halogens is 2. The smallest absolute Gasteiger partial charge is 0.270 e. The number of amides is 2. The summed E-state index contributed by atoms with van der Waals surface area (Å²) in [6.07, 6.45) is 4.22. The molecule has 1 atom stereocenters. The Morgan fingerprint density at radius 3 is 2.05 bits per heavy atom. The van der Waals surface area contributed by atoms with Crippen molar-refractivity contribution in [3.8, 4) is 16.9 Å². The Hall–Kier alpha value is -5.38.